The Hall–Kier alpha value is -8.03. The average Bonchev–Trinajstić information content (AvgIpc) is 3.78. The number of benzene rings is 9. The zero-order valence-corrected chi connectivity index (χ0v) is 39.1. The van der Waals surface area contributed by atoms with Crippen molar-refractivity contribution in [2.75, 3.05) is 0 Å². The Kier molecular flexibility index (Phi) is 11.1. The molecule has 69 heavy (non-hydrogen) atoms. The summed E-state index contributed by atoms with van der Waals surface area (Å²) in [7, 11) is -1.42. The second kappa shape index (κ2) is 17.6. The van der Waals surface area contributed by atoms with Crippen molar-refractivity contribution in [2.24, 2.45) is 0 Å². The van der Waals surface area contributed by atoms with E-state index in [0.717, 1.165) is 38.9 Å². The molecule has 0 radical (unpaired) electrons. The predicted molar refractivity (Wildman–Crippen MR) is 284 cm³/mol. The number of hydrogen-bond acceptors (Lipinski definition) is 5. The highest BCUT2D eigenvalue weighted by atomic mass is 16.4. The van der Waals surface area contributed by atoms with Crippen LogP contribution in [0.1, 0.15) is 49.9 Å². The van der Waals surface area contributed by atoms with E-state index in [2.05, 4.69) is 161 Å². The normalized spacial score (nSPS) is 13.3. The van der Waals surface area contributed by atoms with Gasteiger partial charge in [0.1, 0.15) is 0 Å². The van der Waals surface area contributed by atoms with E-state index in [1.54, 1.807) is 12.1 Å². The zero-order chi connectivity index (χ0) is 47.3. The SMILES string of the molecule is CC1(C)c2ccccc2-c2ccc(-c3ccc(-c4cccc(-c5nc(-c6ccccc6)nc(-c6ccccc6)n5)c4)cc3)cc21.CC1(C)c2ccccc2-c2ccc(-c3ccc(B(O)O)cc3)cc21. The van der Waals surface area contributed by atoms with Crippen molar-refractivity contribution in [1.82, 2.24) is 15.0 Å². The lowest BCUT2D eigenvalue weighted by atomic mass is 9.79. The smallest absolute Gasteiger partial charge is 0.423 e. The van der Waals surface area contributed by atoms with Gasteiger partial charge >= 0.3 is 7.12 Å². The molecule has 1 aromatic heterocycles. The summed E-state index contributed by atoms with van der Waals surface area (Å²) in [6, 6.07) is 75.8. The molecule has 0 spiro atoms. The maximum absolute atomic E-state index is 9.24. The van der Waals surface area contributed by atoms with Gasteiger partial charge in [-0.15, -0.1) is 0 Å². The van der Waals surface area contributed by atoms with Gasteiger partial charge in [0.05, 0.1) is 0 Å². The van der Waals surface area contributed by atoms with Crippen molar-refractivity contribution >= 4 is 12.6 Å². The van der Waals surface area contributed by atoms with Crippen LogP contribution in [0.4, 0.5) is 0 Å². The molecule has 9 aromatic carbocycles. The molecule has 0 fully saturated rings. The molecule has 10 aromatic rings. The van der Waals surface area contributed by atoms with E-state index in [-0.39, 0.29) is 10.8 Å². The minimum atomic E-state index is -1.42. The Morgan fingerprint density at radius 2 is 0.623 bits per heavy atom. The molecule has 12 rings (SSSR count). The Bertz CT molecular complexity index is 3460. The third-order valence-corrected chi connectivity index (χ3v) is 14.1. The van der Waals surface area contributed by atoms with Crippen LogP contribution in [0, 0.1) is 0 Å². The number of rotatable bonds is 7. The molecule has 2 N–H and O–H groups in total. The number of hydrogen-bond donors (Lipinski definition) is 2. The first-order valence-corrected chi connectivity index (χ1v) is 23.6. The van der Waals surface area contributed by atoms with Gasteiger partial charge in [0.25, 0.3) is 0 Å². The fourth-order valence-electron chi connectivity index (χ4n) is 10.2. The molecular weight excluding hydrogens is 842 g/mol. The third-order valence-electron chi connectivity index (χ3n) is 14.1. The van der Waals surface area contributed by atoms with Crippen LogP contribution in [0.5, 0.6) is 0 Å². The topological polar surface area (TPSA) is 79.1 Å². The highest BCUT2D eigenvalue weighted by molar-refractivity contribution is 6.58. The van der Waals surface area contributed by atoms with E-state index in [0.29, 0.717) is 22.9 Å². The highest BCUT2D eigenvalue weighted by Gasteiger charge is 2.36. The highest BCUT2D eigenvalue weighted by Crippen LogP contribution is 2.51. The first-order valence-electron chi connectivity index (χ1n) is 23.6. The van der Waals surface area contributed by atoms with Crippen LogP contribution in [0.25, 0.3) is 89.8 Å². The summed E-state index contributed by atoms with van der Waals surface area (Å²) < 4.78 is 0. The van der Waals surface area contributed by atoms with Crippen LogP contribution in [0.3, 0.4) is 0 Å². The Balaban J connectivity index is 0.000000182. The molecule has 0 amide bonds. The molecule has 0 saturated heterocycles. The van der Waals surface area contributed by atoms with Crippen molar-refractivity contribution in [3.05, 3.63) is 241 Å². The predicted octanol–water partition coefficient (Wildman–Crippen LogP) is 13.9. The molecule has 0 unspecified atom stereocenters. The van der Waals surface area contributed by atoms with Gasteiger partial charge in [-0.25, -0.2) is 15.0 Å². The van der Waals surface area contributed by atoms with Crippen LogP contribution in [0.15, 0.2) is 218 Å². The van der Waals surface area contributed by atoms with E-state index >= 15 is 0 Å². The van der Waals surface area contributed by atoms with Gasteiger partial charge in [0.2, 0.25) is 0 Å². The molecule has 2 aliphatic rings. The summed E-state index contributed by atoms with van der Waals surface area (Å²) in [5.74, 6) is 1.98. The zero-order valence-electron chi connectivity index (χ0n) is 39.1. The van der Waals surface area contributed by atoms with E-state index in [9.17, 15) is 10.0 Å². The fourth-order valence-corrected chi connectivity index (χ4v) is 10.2. The monoisotopic (exact) mass is 891 g/mol. The molecular formula is C63H50BN3O2. The minimum absolute atomic E-state index is 0.0107. The number of fused-ring (bicyclic) bond motifs is 6. The largest absolute Gasteiger partial charge is 0.488 e. The van der Waals surface area contributed by atoms with Gasteiger partial charge in [0, 0.05) is 27.5 Å². The van der Waals surface area contributed by atoms with Crippen molar-refractivity contribution in [2.45, 2.75) is 38.5 Å². The summed E-state index contributed by atoms with van der Waals surface area (Å²) in [4.78, 5) is 14.7. The van der Waals surface area contributed by atoms with Gasteiger partial charge in [-0.1, -0.05) is 228 Å². The van der Waals surface area contributed by atoms with Crippen LogP contribution in [-0.2, 0) is 10.8 Å². The van der Waals surface area contributed by atoms with Gasteiger partial charge in [-0.05, 0) is 102 Å². The Morgan fingerprint density at radius 3 is 1.07 bits per heavy atom. The van der Waals surface area contributed by atoms with Crippen LogP contribution in [0.2, 0.25) is 0 Å². The Labute approximate surface area is 404 Å². The first-order chi connectivity index (χ1) is 33.5. The molecule has 0 saturated carbocycles. The van der Waals surface area contributed by atoms with Gasteiger partial charge in [-0.2, -0.15) is 0 Å². The van der Waals surface area contributed by atoms with Crippen LogP contribution < -0.4 is 5.46 Å². The molecule has 0 atom stereocenters. The number of nitrogens with zero attached hydrogens (tertiary/aromatic N) is 3. The van der Waals surface area contributed by atoms with Crippen LogP contribution in [-0.4, -0.2) is 32.1 Å². The van der Waals surface area contributed by atoms with Gasteiger partial charge < -0.3 is 10.0 Å². The third kappa shape index (κ3) is 8.08. The lowest BCUT2D eigenvalue weighted by molar-refractivity contribution is 0.426. The van der Waals surface area contributed by atoms with Crippen LogP contribution >= 0.6 is 0 Å². The summed E-state index contributed by atoms with van der Waals surface area (Å²) >= 11 is 0. The first kappa shape index (κ1) is 43.5. The van der Waals surface area contributed by atoms with Crippen molar-refractivity contribution in [3.63, 3.8) is 0 Å². The second-order valence-electron chi connectivity index (χ2n) is 19.1. The summed E-state index contributed by atoms with van der Waals surface area (Å²) in [6.45, 7) is 9.20. The maximum atomic E-state index is 9.24. The second-order valence-corrected chi connectivity index (χ2v) is 19.1. The summed E-state index contributed by atoms with van der Waals surface area (Å²) in [5.41, 5.74) is 21.1. The van der Waals surface area contributed by atoms with Gasteiger partial charge in [-0.3, -0.25) is 0 Å². The molecule has 2 aliphatic carbocycles. The molecule has 0 bridgehead atoms. The van der Waals surface area contributed by atoms with Crippen molar-refractivity contribution in [1.29, 1.82) is 0 Å². The lowest BCUT2D eigenvalue weighted by Crippen LogP contribution is -2.29. The summed E-state index contributed by atoms with van der Waals surface area (Å²) in [6.07, 6.45) is 0. The quantitative estimate of drug-likeness (QED) is 0.156. The van der Waals surface area contributed by atoms with Crippen molar-refractivity contribution in [3.8, 4) is 89.8 Å². The van der Waals surface area contributed by atoms with Crippen molar-refractivity contribution < 1.29 is 10.0 Å². The van der Waals surface area contributed by atoms with E-state index < -0.39 is 7.12 Å². The standard InChI is InChI=1S/C42H31N3.C21H19BO2/c1-42(2)37-19-10-9-18-35(37)36-25-24-33(27-38(36)42)29-22-20-28(21-23-29)32-16-11-17-34(26-32)41-44-39(30-12-5-3-6-13-30)43-40(45-41)31-14-7-4-8-15-31;1-21(2)19-6-4-3-5-17(19)18-12-9-15(13-20(18)21)14-7-10-16(11-8-14)22(23)24/h3-27H,1-2H3;3-13,23-24H,1-2H3. The lowest BCUT2D eigenvalue weighted by Gasteiger charge is -2.22. The number of aromatic nitrogens is 3. The maximum Gasteiger partial charge on any atom is 0.488 e. The summed E-state index contributed by atoms with van der Waals surface area (Å²) in [5, 5.41) is 18.5. The van der Waals surface area contributed by atoms with E-state index in [1.807, 2.05) is 72.8 Å². The van der Waals surface area contributed by atoms with E-state index in [1.165, 1.54) is 55.6 Å². The molecule has 6 heteroatoms. The minimum Gasteiger partial charge on any atom is -0.423 e. The van der Waals surface area contributed by atoms with Gasteiger partial charge in [0.15, 0.2) is 17.5 Å². The molecule has 332 valence electrons. The fraction of sp³-hybridized carbons (Fsp3) is 0.0952. The molecule has 0 aliphatic heterocycles. The Morgan fingerprint density at radius 1 is 0.290 bits per heavy atom. The average molecular weight is 892 g/mol. The molecule has 1 heterocycles. The molecule has 5 nitrogen and oxygen atoms in total. The van der Waals surface area contributed by atoms with E-state index in [4.69, 9.17) is 15.0 Å².